The molecule has 0 amide bonds. The highest BCUT2D eigenvalue weighted by molar-refractivity contribution is 9.10. The van der Waals surface area contributed by atoms with Gasteiger partial charge in [-0.25, -0.2) is 0 Å². The molecule has 0 saturated heterocycles. The molecule has 0 saturated carbocycles. The van der Waals surface area contributed by atoms with E-state index < -0.39 is 0 Å². The predicted octanol–water partition coefficient (Wildman–Crippen LogP) is 2.44. The lowest BCUT2D eigenvalue weighted by atomic mass is 10.2. The Morgan fingerprint density at radius 2 is 2.15 bits per heavy atom. The van der Waals surface area contributed by atoms with E-state index in [4.69, 9.17) is 0 Å². The Morgan fingerprint density at radius 1 is 1.35 bits per heavy atom. The first-order valence-electron chi connectivity index (χ1n) is 7.03. The number of hydrogen-bond acceptors (Lipinski definition) is 2. The highest BCUT2D eigenvalue weighted by Crippen LogP contribution is 2.25. The monoisotopic (exact) mass is 335 g/mol. The second-order valence-electron chi connectivity index (χ2n) is 5.27. The number of pyridine rings is 1. The Kier molecular flexibility index (Phi) is 3.54. The third-order valence-electron chi connectivity index (χ3n) is 4.06. The van der Waals surface area contributed by atoms with Crippen molar-refractivity contribution in [3.05, 3.63) is 49.6 Å². The highest BCUT2D eigenvalue weighted by Gasteiger charge is 2.19. The second kappa shape index (κ2) is 5.20. The molecular weight excluding hydrogens is 318 g/mol. The summed E-state index contributed by atoms with van der Waals surface area (Å²) in [6.45, 7) is 2.68. The second-order valence-corrected chi connectivity index (χ2v) is 6.06. The van der Waals surface area contributed by atoms with Crippen molar-refractivity contribution in [2.75, 3.05) is 0 Å². The van der Waals surface area contributed by atoms with Crippen LogP contribution >= 0.6 is 15.9 Å². The minimum atomic E-state index is 0.0804. The first kappa shape index (κ1) is 13.6. The standard InChI is InChI=1S/C15H18BrN3O/c1-3-11-15(16)13(18(2)17-11)9-19-12-6-4-5-10(12)7-8-14(19)20/h7-8H,3-6,9H2,1-2H3. The summed E-state index contributed by atoms with van der Waals surface area (Å²) in [6.07, 6.45) is 4.12. The summed E-state index contributed by atoms with van der Waals surface area (Å²) in [6, 6.07) is 3.67. The Labute approximate surface area is 126 Å². The smallest absolute Gasteiger partial charge is 0.251 e. The van der Waals surface area contributed by atoms with Crippen molar-refractivity contribution in [3.63, 3.8) is 0 Å². The fourth-order valence-electron chi connectivity index (χ4n) is 2.95. The van der Waals surface area contributed by atoms with Gasteiger partial charge in [0.1, 0.15) is 0 Å². The van der Waals surface area contributed by atoms with Gasteiger partial charge in [-0.05, 0) is 47.2 Å². The molecule has 2 aromatic heterocycles. The van der Waals surface area contributed by atoms with Gasteiger partial charge >= 0.3 is 0 Å². The van der Waals surface area contributed by atoms with Gasteiger partial charge in [0.15, 0.2) is 0 Å². The quantitative estimate of drug-likeness (QED) is 0.864. The SMILES string of the molecule is CCc1nn(C)c(Cn2c3c(ccc2=O)CCC3)c1Br. The van der Waals surface area contributed by atoms with Crippen molar-refractivity contribution in [3.8, 4) is 0 Å². The van der Waals surface area contributed by atoms with Crippen molar-refractivity contribution in [2.45, 2.75) is 39.2 Å². The topological polar surface area (TPSA) is 39.8 Å². The number of fused-ring (bicyclic) bond motifs is 1. The highest BCUT2D eigenvalue weighted by atomic mass is 79.9. The van der Waals surface area contributed by atoms with E-state index in [1.54, 1.807) is 6.07 Å². The minimum Gasteiger partial charge on any atom is -0.306 e. The van der Waals surface area contributed by atoms with E-state index in [-0.39, 0.29) is 5.56 Å². The van der Waals surface area contributed by atoms with Crippen molar-refractivity contribution in [2.24, 2.45) is 7.05 Å². The van der Waals surface area contributed by atoms with Crippen LogP contribution in [0.2, 0.25) is 0 Å². The molecule has 5 heteroatoms. The normalized spacial score (nSPS) is 13.8. The van der Waals surface area contributed by atoms with Gasteiger partial charge in [0.2, 0.25) is 0 Å². The van der Waals surface area contributed by atoms with E-state index in [2.05, 4.69) is 28.0 Å². The van der Waals surface area contributed by atoms with Crippen molar-refractivity contribution < 1.29 is 0 Å². The average molecular weight is 336 g/mol. The summed E-state index contributed by atoms with van der Waals surface area (Å²) in [5, 5.41) is 4.50. The Balaban J connectivity index is 2.07. The molecule has 0 N–H and O–H groups in total. The van der Waals surface area contributed by atoms with Gasteiger partial charge < -0.3 is 4.57 Å². The van der Waals surface area contributed by atoms with Gasteiger partial charge in [0.25, 0.3) is 5.56 Å². The Bertz CT molecular complexity index is 715. The molecule has 4 nitrogen and oxygen atoms in total. The molecule has 3 rings (SSSR count). The van der Waals surface area contributed by atoms with Crippen LogP contribution in [0.3, 0.4) is 0 Å². The van der Waals surface area contributed by atoms with E-state index in [1.165, 1.54) is 11.3 Å². The molecule has 0 aliphatic heterocycles. The maximum absolute atomic E-state index is 12.2. The Morgan fingerprint density at radius 3 is 2.85 bits per heavy atom. The Hall–Kier alpha value is -1.36. The molecule has 20 heavy (non-hydrogen) atoms. The van der Waals surface area contributed by atoms with Crippen LogP contribution in [-0.2, 0) is 32.9 Å². The fraction of sp³-hybridized carbons (Fsp3) is 0.467. The lowest BCUT2D eigenvalue weighted by Crippen LogP contribution is -2.24. The molecular formula is C15H18BrN3O. The molecule has 0 unspecified atom stereocenters. The molecule has 2 aromatic rings. The molecule has 0 radical (unpaired) electrons. The zero-order chi connectivity index (χ0) is 14.3. The summed E-state index contributed by atoms with van der Waals surface area (Å²) in [5.74, 6) is 0. The molecule has 1 aliphatic carbocycles. The van der Waals surface area contributed by atoms with Crippen LogP contribution < -0.4 is 5.56 Å². The maximum atomic E-state index is 12.2. The lowest BCUT2D eigenvalue weighted by Gasteiger charge is -2.12. The molecule has 0 fully saturated rings. The number of nitrogens with zero attached hydrogens (tertiary/aromatic N) is 3. The summed E-state index contributed by atoms with van der Waals surface area (Å²) < 4.78 is 4.82. The maximum Gasteiger partial charge on any atom is 0.251 e. The van der Waals surface area contributed by atoms with Gasteiger partial charge in [-0.1, -0.05) is 13.0 Å². The molecule has 0 bridgehead atoms. The lowest BCUT2D eigenvalue weighted by molar-refractivity contribution is 0.630. The summed E-state index contributed by atoms with van der Waals surface area (Å²) in [4.78, 5) is 12.2. The number of aryl methyl sites for hydroxylation is 3. The van der Waals surface area contributed by atoms with Gasteiger partial charge in [-0.3, -0.25) is 9.48 Å². The van der Waals surface area contributed by atoms with Crippen molar-refractivity contribution in [1.82, 2.24) is 14.3 Å². The van der Waals surface area contributed by atoms with Crippen LogP contribution in [0.5, 0.6) is 0 Å². The van der Waals surface area contributed by atoms with Crippen LogP contribution in [0.4, 0.5) is 0 Å². The zero-order valence-electron chi connectivity index (χ0n) is 11.8. The van der Waals surface area contributed by atoms with Gasteiger partial charge in [-0.15, -0.1) is 0 Å². The average Bonchev–Trinajstić information content (AvgIpc) is 3.00. The van der Waals surface area contributed by atoms with Crippen LogP contribution in [0, 0.1) is 0 Å². The van der Waals surface area contributed by atoms with Crippen LogP contribution in [0.25, 0.3) is 0 Å². The molecule has 106 valence electrons. The minimum absolute atomic E-state index is 0.0804. The molecule has 0 spiro atoms. The number of aromatic nitrogens is 3. The molecule has 1 aliphatic rings. The van der Waals surface area contributed by atoms with Crippen molar-refractivity contribution in [1.29, 1.82) is 0 Å². The van der Waals surface area contributed by atoms with E-state index in [0.29, 0.717) is 6.54 Å². The molecule has 2 heterocycles. The van der Waals surface area contributed by atoms with Crippen molar-refractivity contribution >= 4 is 15.9 Å². The third kappa shape index (κ3) is 2.14. The molecule has 0 aromatic carbocycles. The largest absolute Gasteiger partial charge is 0.306 e. The summed E-state index contributed by atoms with van der Waals surface area (Å²) in [7, 11) is 1.94. The fourth-order valence-corrected chi connectivity index (χ4v) is 3.69. The summed E-state index contributed by atoms with van der Waals surface area (Å²) in [5.41, 5.74) is 4.70. The number of halogens is 1. The number of rotatable bonds is 3. The first-order chi connectivity index (χ1) is 9.61. The summed E-state index contributed by atoms with van der Waals surface area (Å²) >= 11 is 3.63. The predicted molar refractivity (Wildman–Crippen MR) is 82.1 cm³/mol. The zero-order valence-corrected chi connectivity index (χ0v) is 13.4. The number of hydrogen-bond donors (Lipinski definition) is 0. The van der Waals surface area contributed by atoms with Crippen LogP contribution in [0.1, 0.15) is 36.0 Å². The van der Waals surface area contributed by atoms with Crippen LogP contribution in [-0.4, -0.2) is 14.3 Å². The first-order valence-corrected chi connectivity index (χ1v) is 7.83. The van der Waals surface area contributed by atoms with Gasteiger partial charge in [0, 0.05) is 18.8 Å². The van der Waals surface area contributed by atoms with E-state index in [1.807, 2.05) is 22.4 Å². The van der Waals surface area contributed by atoms with Gasteiger partial charge in [-0.2, -0.15) is 5.10 Å². The third-order valence-corrected chi connectivity index (χ3v) is 4.98. The van der Waals surface area contributed by atoms with Crippen LogP contribution in [0.15, 0.2) is 21.4 Å². The van der Waals surface area contributed by atoms with E-state index >= 15 is 0 Å². The van der Waals surface area contributed by atoms with Gasteiger partial charge in [0.05, 0.1) is 22.4 Å². The van der Waals surface area contributed by atoms with E-state index in [0.717, 1.165) is 41.5 Å². The molecule has 0 atom stereocenters. The van der Waals surface area contributed by atoms with E-state index in [9.17, 15) is 4.79 Å².